The summed E-state index contributed by atoms with van der Waals surface area (Å²) in [5.74, 6) is -1.09. The van der Waals surface area contributed by atoms with E-state index in [0.717, 1.165) is 42.8 Å². The second kappa shape index (κ2) is 10.2. The molecule has 9 heteroatoms. The number of likely N-dealkylation sites (N-methyl/N-ethyl adjacent to an activating group) is 1. The van der Waals surface area contributed by atoms with Crippen molar-refractivity contribution in [3.63, 3.8) is 0 Å². The number of aromatic nitrogens is 3. The van der Waals surface area contributed by atoms with Crippen molar-refractivity contribution in [3.8, 4) is 0 Å². The number of halogens is 1. The fraction of sp³-hybridized carbons (Fsp3) is 0.409. The molecule has 0 spiro atoms. The van der Waals surface area contributed by atoms with Gasteiger partial charge in [0.15, 0.2) is 11.6 Å². The number of unbranched alkanes of at least 4 members (excludes halogenated alkanes) is 2. The van der Waals surface area contributed by atoms with Crippen molar-refractivity contribution in [1.82, 2.24) is 19.9 Å². The lowest BCUT2D eigenvalue weighted by molar-refractivity contribution is 0.100. The predicted octanol–water partition coefficient (Wildman–Crippen LogP) is 3.53. The van der Waals surface area contributed by atoms with Gasteiger partial charge in [0.25, 0.3) is 5.91 Å². The van der Waals surface area contributed by atoms with Crippen LogP contribution >= 0.6 is 0 Å². The lowest BCUT2D eigenvalue weighted by Gasteiger charge is -2.20. The lowest BCUT2D eigenvalue weighted by Crippen LogP contribution is -2.32. The van der Waals surface area contributed by atoms with E-state index in [0.29, 0.717) is 12.2 Å². The van der Waals surface area contributed by atoms with E-state index < -0.39 is 11.7 Å². The van der Waals surface area contributed by atoms with Crippen LogP contribution in [-0.4, -0.2) is 40.1 Å². The van der Waals surface area contributed by atoms with Gasteiger partial charge in [-0.05, 0) is 31.7 Å². The van der Waals surface area contributed by atoms with E-state index in [2.05, 4.69) is 32.8 Å². The van der Waals surface area contributed by atoms with Gasteiger partial charge in [0, 0.05) is 37.4 Å². The summed E-state index contributed by atoms with van der Waals surface area (Å²) in [6.45, 7) is 2.81. The molecule has 1 unspecified atom stereocenters. The SMILES string of the molecule is CCCCCC(CNC)Nc1nc(Nc2ccnc3c2ccn3C)c(C(N)=O)cc1F. The molecular weight excluding hydrogens is 397 g/mol. The highest BCUT2D eigenvalue weighted by Crippen LogP contribution is 2.28. The third kappa shape index (κ3) is 5.29. The summed E-state index contributed by atoms with van der Waals surface area (Å²) in [6.07, 6.45) is 7.69. The van der Waals surface area contributed by atoms with Crippen LogP contribution in [0.15, 0.2) is 30.6 Å². The molecule has 31 heavy (non-hydrogen) atoms. The van der Waals surface area contributed by atoms with E-state index in [1.54, 1.807) is 12.3 Å². The topological polar surface area (TPSA) is 110 Å². The number of pyridine rings is 2. The third-order valence-electron chi connectivity index (χ3n) is 5.21. The largest absolute Gasteiger partial charge is 0.365 e. The van der Waals surface area contributed by atoms with Crippen molar-refractivity contribution in [2.75, 3.05) is 24.2 Å². The number of hydrogen-bond acceptors (Lipinski definition) is 6. The third-order valence-corrected chi connectivity index (χ3v) is 5.21. The first-order valence-corrected chi connectivity index (χ1v) is 10.5. The first kappa shape index (κ1) is 22.5. The molecule has 3 aromatic heterocycles. The maximum atomic E-state index is 14.8. The van der Waals surface area contributed by atoms with E-state index in [1.165, 1.54) is 0 Å². The zero-order chi connectivity index (χ0) is 22.4. The molecule has 3 heterocycles. The molecule has 3 rings (SSSR count). The minimum atomic E-state index is -0.756. The van der Waals surface area contributed by atoms with Gasteiger partial charge in [0.1, 0.15) is 11.5 Å². The number of carbonyl (C=O) groups excluding carboxylic acids is 1. The van der Waals surface area contributed by atoms with E-state index in [1.807, 2.05) is 30.9 Å². The lowest BCUT2D eigenvalue weighted by atomic mass is 10.1. The van der Waals surface area contributed by atoms with Gasteiger partial charge >= 0.3 is 0 Å². The molecule has 8 nitrogen and oxygen atoms in total. The van der Waals surface area contributed by atoms with Gasteiger partial charge < -0.3 is 26.3 Å². The molecule has 0 aromatic carbocycles. The summed E-state index contributed by atoms with van der Waals surface area (Å²) in [5.41, 5.74) is 6.96. The Morgan fingerprint density at radius 2 is 2.10 bits per heavy atom. The molecule has 5 N–H and O–H groups in total. The quantitative estimate of drug-likeness (QED) is 0.349. The number of carbonyl (C=O) groups is 1. The minimum absolute atomic E-state index is 0.00702. The average molecular weight is 428 g/mol. The molecule has 0 saturated heterocycles. The van der Waals surface area contributed by atoms with Gasteiger partial charge in [-0.3, -0.25) is 4.79 Å². The standard InChI is InChI=1S/C22H30FN7O/c1-4-5-6-7-14(13-25-2)27-21-17(23)12-16(19(24)31)20(29-21)28-18-8-10-26-22-15(18)9-11-30(22)3/h8-12,14,25H,4-7,13H2,1-3H3,(H2,24,31)(H2,26,27,28,29). The number of aryl methyl sites for hydroxylation is 1. The fourth-order valence-electron chi connectivity index (χ4n) is 3.58. The summed E-state index contributed by atoms with van der Waals surface area (Å²) in [6, 6.07) is 4.83. The van der Waals surface area contributed by atoms with Gasteiger partial charge in [-0.15, -0.1) is 0 Å². The van der Waals surface area contributed by atoms with E-state index >= 15 is 0 Å². The Hall–Kier alpha value is -3.20. The maximum absolute atomic E-state index is 14.8. The molecule has 1 amide bonds. The summed E-state index contributed by atoms with van der Waals surface area (Å²) >= 11 is 0. The zero-order valence-electron chi connectivity index (χ0n) is 18.2. The van der Waals surface area contributed by atoms with Crippen molar-refractivity contribution in [1.29, 1.82) is 0 Å². The first-order chi connectivity index (χ1) is 14.9. The number of nitrogens with two attached hydrogens (primary N) is 1. The van der Waals surface area contributed by atoms with Crippen molar-refractivity contribution >= 4 is 34.3 Å². The van der Waals surface area contributed by atoms with Crippen LogP contribution in [0.1, 0.15) is 43.0 Å². The zero-order valence-corrected chi connectivity index (χ0v) is 18.2. The Kier molecular flexibility index (Phi) is 7.41. The molecule has 166 valence electrons. The molecule has 0 saturated carbocycles. The van der Waals surface area contributed by atoms with Crippen LogP contribution in [-0.2, 0) is 7.05 Å². The number of nitrogens with zero attached hydrogens (tertiary/aromatic N) is 3. The molecular formula is C22H30FN7O. The number of hydrogen-bond donors (Lipinski definition) is 4. The van der Waals surface area contributed by atoms with Gasteiger partial charge in [0.05, 0.1) is 11.3 Å². The Balaban J connectivity index is 1.94. The summed E-state index contributed by atoms with van der Waals surface area (Å²) in [5, 5.41) is 10.3. The molecule has 0 aliphatic heterocycles. The van der Waals surface area contributed by atoms with Gasteiger partial charge in [-0.1, -0.05) is 26.2 Å². The fourth-order valence-corrected chi connectivity index (χ4v) is 3.58. The number of amides is 1. The number of primary amides is 1. The summed E-state index contributed by atoms with van der Waals surface area (Å²) < 4.78 is 16.7. The van der Waals surface area contributed by atoms with Crippen LogP contribution < -0.4 is 21.7 Å². The predicted molar refractivity (Wildman–Crippen MR) is 122 cm³/mol. The van der Waals surface area contributed by atoms with E-state index in [-0.39, 0.29) is 23.2 Å². The molecule has 0 aliphatic carbocycles. The minimum Gasteiger partial charge on any atom is -0.365 e. The molecule has 0 aliphatic rings. The highest BCUT2D eigenvalue weighted by Gasteiger charge is 2.19. The van der Waals surface area contributed by atoms with Crippen molar-refractivity contribution in [2.45, 2.75) is 38.6 Å². The second-order valence-corrected chi connectivity index (χ2v) is 7.62. The highest BCUT2D eigenvalue weighted by atomic mass is 19.1. The van der Waals surface area contributed by atoms with Crippen LogP contribution in [0.5, 0.6) is 0 Å². The number of rotatable bonds is 11. The summed E-state index contributed by atoms with van der Waals surface area (Å²) in [7, 11) is 3.75. The van der Waals surface area contributed by atoms with E-state index in [9.17, 15) is 9.18 Å². The monoisotopic (exact) mass is 427 g/mol. The maximum Gasteiger partial charge on any atom is 0.252 e. The Bertz CT molecular complexity index is 1050. The van der Waals surface area contributed by atoms with Crippen LogP contribution in [0, 0.1) is 5.82 Å². The first-order valence-electron chi connectivity index (χ1n) is 10.5. The summed E-state index contributed by atoms with van der Waals surface area (Å²) in [4.78, 5) is 20.7. The average Bonchev–Trinajstić information content (AvgIpc) is 3.12. The number of nitrogens with one attached hydrogen (secondary N) is 3. The van der Waals surface area contributed by atoms with Gasteiger partial charge in [-0.2, -0.15) is 0 Å². The molecule has 0 fully saturated rings. The Morgan fingerprint density at radius 3 is 2.81 bits per heavy atom. The Labute approximate surface area is 181 Å². The highest BCUT2D eigenvalue weighted by molar-refractivity contribution is 6.00. The molecule has 1 atom stereocenters. The van der Waals surface area contributed by atoms with Crippen LogP contribution in [0.2, 0.25) is 0 Å². The molecule has 3 aromatic rings. The normalized spacial score (nSPS) is 12.1. The number of anilines is 3. The molecule has 0 radical (unpaired) electrons. The van der Waals surface area contributed by atoms with Gasteiger partial charge in [0.2, 0.25) is 0 Å². The van der Waals surface area contributed by atoms with E-state index in [4.69, 9.17) is 5.73 Å². The smallest absolute Gasteiger partial charge is 0.252 e. The van der Waals surface area contributed by atoms with Crippen LogP contribution in [0.25, 0.3) is 11.0 Å². The van der Waals surface area contributed by atoms with Crippen molar-refractivity contribution in [2.24, 2.45) is 12.8 Å². The van der Waals surface area contributed by atoms with Crippen LogP contribution in [0.3, 0.4) is 0 Å². The van der Waals surface area contributed by atoms with Crippen LogP contribution in [0.4, 0.5) is 21.7 Å². The van der Waals surface area contributed by atoms with Crippen molar-refractivity contribution in [3.05, 3.63) is 42.0 Å². The molecule has 0 bridgehead atoms. The van der Waals surface area contributed by atoms with Crippen molar-refractivity contribution < 1.29 is 9.18 Å². The Morgan fingerprint density at radius 1 is 1.29 bits per heavy atom. The number of fused-ring (bicyclic) bond motifs is 1. The second-order valence-electron chi connectivity index (χ2n) is 7.62. The van der Waals surface area contributed by atoms with Gasteiger partial charge in [-0.25, -0.2) is 14.4 Å².